The summed E-state index contributed by atoms with van der Waals surface area (Å²) in [6.07, 6.45) is 0.828. The van der Waals surface area contributed by atoms with E-state index in [1.807, 2.05) is 6.92 Å². The summed E-state index contributed by atoms with van der Waals surface area (Å²) in [5.41, 5.74) is 0. The molecule has 0 saturated carbocycles. The summed E-state index contributed by atoms with van der Waals surface area (Å²) in [6.45, 7) is 3.06. The highest BCUT2D eigenvalue weighted by Crippen LogP contribution is 2.27. The van der Waals surface area contributed by atoms with Gasteiger partial charge >= 0.3 is 6.48 Å². The van der Waals surface area contributed by atoms with Gasteiger partial charge in [-0.05, 0) is 13.8 Å². The molecule has 2 atom stereocenters. The zero-order chi connectivity index (χ0) is 9.03. The Labute approximate surface area is 70.5 Å². The number of ether oxygens (including phenoxy) is 2. The summed E-state index contributed by atoms with van der Waals surface area (Å²) in [4.78, 5) is 19.6. The van der Waals surface area contributed by atoms with Gasteiger partial charge in [0.15, 0.2) is 0 Å². The van der Waals surface area contributed by atoms with Crippen molar-refractivity contribution in [1.29, 1.82) is 0 Å². The smallest absolute Gasteiger partial charge is 0.303 e. The van der Waals surface area contributed by atoms with Gasteiger partial charge in [-0.1, -0.05) is 0 Å². The molecule has 0 aromatic rings. The van der Waals surface area contributed by atoms with Crippen LogP contribution in [0.15, 0.2) is 0 Å². The minimum absolute atomic E-state index is 0.122. The van der Waals surface area contributed by atoms with Gasteiger partial charge in [-0.3, -0.25) is 4.74 Å². The van der Waals surface area contributed by atoms with Crippen LogP contribution in [0.25, 0.3) is 0 Å². The summed E-state index contributed by atoms with van der Waals surface area (Å²) in [7, 11) is 0. The number of aldehydes is 1. The SMILES string of the molecule is CCOC1OOC(C)(CC=O)O1. The molecule has 1 saturated heterocycles. The number of hydrogen-bond acceptors (Lipinski definition) is 5. The van der Waals surface area contributed by atoms with E-state index in [1.165, 1.54) is 0 Å². The summed E-state index contributed by atoms with van der Waals surface area (Å²) in [6, 6.07) is 0. The first kappa shape index (κ1) is 9.60. The van der Waals surface area contributed by atoms with Crippen molar-refractivity contribution in [2.45, 2.75) is 32.5 Å². The van der Waals surface area contributed by atoms with E-state index in [9.17, 15) is 4.79 Å². The van der Waals surface area contributed by atoms with Crippen molar-refractivity contribution in [2.24, 2.45) is 0 Å². The first-order valence-electron chi connectivity index (χ1n) is 3.78. The van der Waals surface area contributed by atoms with E-state index in [2.05, 4.69) is 4.89 Å². The van der Waals surface area contributed by atoms with E-state index < -0.39 is 12.3 Å². The maximum Gasteiger partial charge on any atom is 0.303 e. The fraction of sp³-hybridized carbons (Fsp3) is 0.857. The standard InChI is InChI=1S/C7H12O5/c1-3-9-6-10-7(2,4-5-8)12-11-6/h5-6H,3-4H2,1-2H3. The third kappa shape index (κ3) is 2.25. The highest BCUT2D eigenvalue weighted by atomic mass is 17.3. The van der Waals surface area contributed by atoms with Crippen molar-refractivity contribution in [3.8, 4) is 0 Å². The molecule has 0 N–H and O–H groups in total. The van der Waals surface area contributed by atoms with Crippen LogP contribution in [0.4, 0.5) is 0 Å². The average molecular weight is 176 g/mol. The number of carbonyl (C=O) groups is 1. The highest BCUT2D eigenvalue weighted by Gasteiger charge is 2.39. The summed E-state index contributed by atoms with van der Waals surface area (Å²) in [5, 5.41) is 0. The molecule has 5 heteroatoms. The van der Waals surface area contributed by atoms with Gasteiger partial charge in [-0.25, -0.2) is 0 Å². The molecule has 1 fully saturated rings. The Morgan fingerprint density at radius 2 is 2.42 bits per heavy atom. The lowest BCUT2D eigenvalue weighted by Gasteiger charge is -2.15. The van der Waals surface area contributed by atoms with Crippen LogP contribution in [-0.2, 0) is 24.0 Å². The van der Waals surface area contributed by atoms with Gasteiger partial charge in [0.1, 0.15) is 6.29 Å². The van der Waals surface area contributed by atoms with Crippen LogP contribution in [0.1, 0.15) is 20.3 Å². The predicted octanol–water partition coefficient (Wildman–Crippen LogP) is 0.590. The second-order valence-corrected chi connectivity index (χ2v) is 2.55. The van der Waals surface area contributed by atoms with Crippen LogP contribution in [0.5, 0.6) is 0 Å². The molecule has 0 radical (unpaired) electrons. The van der Waals surface area contributed by atoms with Gasteiger partial charge in [-0.2, -0.15) is 9.78 Å². The van der Waals surface area contributed by atoms with Gasteiger partial charge in [0.25, 0.3) is 0 Å². The van der Waals surface area contributed by atoms with Crippen molar-refractivity contribution < 1.29 is 24.0 Å². The van der Waals surface area contributed by atoms with E-state index in [0.717, 1.165) is 0 Å². The average Bonchev–Trinajstić information content (AvgIpc) is 2.34. The van der Waals surface area contributed by atoms with Crippen LogP contribution in [0, 0.1) is 0 Å². The molecule has 1 rings (SSSR count). The Kier molecular flexibility index (Phi) is 3.16. The topological polar surface area (TPSA) is 54.0 Å². The minimum atomic E-state index is -0.998. The number of rotatable bonds is 4. The second-order valence-electron chi connectivity index (χ2n) is 2.55. The van der Waals surface area contributed by atoms with Crippen molar-refractivity contribution in [3.63, 3.8) is 0 Å². The van der Waals surface area contributed by atoms with Crippen molar-refractivity contribution in [2.75, 3.05) is 6.61 Å². The molecule has 1 aliphatic heterocycles. The number of carbonyl (C=O) groups excluding carboxylic acids is 1. The quantitative estimate of drug-likeness (QED) is 0.463. The Hall–Kier alpha value is -0.490. The van der Waals surface area contributed by atoms with E-state index in [1.54, 1.807) is 6.92 Å². The van der Waals surface area contributed by atoms with Crippen molar-refractivity contribution >= 4 is 6.29 Å². The molecule has 5 nitrogen and oxygen atoms in total. The lowest BCUT2D eigenvalue weighted by atomic mass is 10.2. The van der Waals surface area contributed by atoms with E-state index in [0.29, 0.717) is 12.9 Å². The fourth-order valence-electron chi connectivity index (χ4n) is 0.815. The molecule has 70 valence electrons. The Morgan fingerprint density at radius 3 is 3.00 bits per heavy atom. The van der Waals surface area contributed by atoms with Crippen LogP contribution in [0.2, 0.25) is 0 Å². The van der Waals surface area contributed by atoms with E-state index in [4.69, 9.17) is 14.4 Å². The summed E-state index contributed by atoms with van der Waals surface area (Å²) >= 11 is 0. The fourth-order valence-corrected chi connectivity index (χ4v) is 0.815. The molecule has 12 heavy (non-hydrogen) atoms. The van der Waals surface area contributed by atoms with Crippen molar-refractivity contribution in [3.05, 3.63) is 0 Å². The molecular formula is C7H12O5. The normalized spacial score (nSPS) is 35.3. The maximum atomic E-state index is 10.2. The Bertz CT molecular complexity index is 160. The minimum Gasteiger partial charge on any atom is -0.328 e. The molecule has 0 aliphatic carbocycles. The zero-order valence-corrected chi connectivity index (χ0v) is 7.11. The second kappa shape index (κ2) is 3.95. The van der Waals surface area contributed by atoms with Gasteiger partial charge in [0.2, 0.25) is 5.79 Å². The predicted molar refractivity (Wildman–Crippen MR) is 37.8 cm³/mol. The van der Waals surface area contributed by atoms with Crippen LogP contribution in [0.3, 0.4) is 0 Å². The molecule has 1 heterocycles. The third-order valence-corrected chi connectivity index (χ3v) is 1.41. The Balaban J connectivity index is 2.37. The molecule has 0 aromatic heterocycles. The third-order valence-electron chi connectivity index (χ3n) is 1.41. The van der Waals surface area contributed by atoms with Crippen LogP contribution < -0.4 is 0 Å². The molecule has 0 bridgehead atoms. The first-order valence-corrected chi connectivity index (χ1v) is 3.78. The zero-order valence-electron chi connectivity index (χ0n) is 7.11. The molecule has 0 aromatic carbocycles. The van der Waals surface area contributed by atoms with Crippen LogP contribution >= 0.6 is 0 Å². The lowest BCUT2D eigenvalue weighted by molar-refractivity contribution is -0.360. The van der Waals surface area contributed by atoms with E-state index in [-0.39, 0.29) is 6.42 Å². The van der Waals surface area contributed by atoms with E-state index >= 15 is 0 Å². The van der Waals surface area contributed by atoms with Gasteiger partial charge < -0.3 is 9.53 Å². The largest absolute Gasteiger partial charge is 0.328 e. The highest BCUT2D eigenvalue weighted by molar-refractivity contribution is 5.50. The molecular weight excluding hydrogens is 164 g/mol. The van der Waals surface area contributed by atoms with Gasteiger partial charge in [-0.15, -0.1) is 0 Å². The van der Waals surface area contributed by atoms with Gasteiger partial charge in [0.05, 0.1) is 6.42 Å². The lowest BCUT2D eigenvalue weighted by Crippen LogP contribution is -2.27. The first-order chi connectivity index (χ1) is 5.70. The molecule has 0 spiro atoms. The maximum absolute atomic E-state index is 10.2. The number of hydrogen-bond donors (Lipinski definition) is 0. The van der Waals surface area contributed by atoms with Crippen molar-refractivity contribution in [1.82, 2.24) is 0 Å². The molecule has 0 amide bonds. The molecule has 1 aliphatic rings. The van der Waals surface area contributed by atoms with Crippen LogP contribution in [-0.4, -0.2) is 25.2 Å². The Morgan fingerprint density at radius 1 is 1.67 bits per heavy atom. The monoisotopic (exact) mass is 176 g/mol. The summed E-state index contributed by atoms with van der Waals surface area (Å²) < 4.78 is 10.1. The summed E-state index contributed by atoms with van der Waals surface area (Å²) in [5.74, 6) is -0.998. The van der Waals surface area contributed by atoms with Gasteiger partial charge in [0, 0.05) is 6.61 Å². The molecule has 2 unspecified atom stereocenters.